The van der Waals surface area contributed by atoms with Crippen molar-refractivity contribution in [2.45, 2.75) is 0 Å². The number of carbonyl (C=O) groups is 1. The summed E-state index contributed by atoms with van der Waals surface area (Å²) in [7, 11) is 1.59. The van der Waals surface area contributed by atoms with Gasteiger partial charge in [-0.25, -0.2) is 0 Å². The molecule has 1 aromatic carbocycles. The van der Waals surface area contributed by atoms with Crippen LogP contribution in [0.2, 0.25) is 5.02 Å². The number of hydrogen-bond donors (Lipinski definition) is 1. The smallest absolute Gasteiger partial charge is 0.252 e. The van der Waals surface area contributed by atoms with Crippen LogP contribution in [0.15, 0.2) is 22.7 Å². The fourth-order valence-corrected chi connectivity index (χ4v) is 1.67. The van der Waals surface area contributed by atoms with Crippen LogP contribution in [0.3, 0.4) is 0 Å². The van der Waals surface area contributed by atoms with E-state index < -0.39 is 0 Å². The molecule has 64 valence electrons. The van der Waals surface area contributed by atoms with Crippen molar-refractivity contribution in [2.75, 3.05) is 7.05 Å². The average molecular weight is 249 g/mol. The van der Waals surface area contributed by atoms with Crippen molar-refractivity contribution in [1.29, 1.82) is 0 Å². The highest BCUT2D eigenvalue weighted by Gasteiger charge is 2.07. The van der Waals surface area contributed by atoms with Crippen LogP contribution in [0, 0.1) is 0 Å². The Kier molecular flexibility index (Phi) is 3.12. The van der Waals surface area contributed by atoms with E-state index in [1.165, 1.54) is 0 Å². The zero-order valence-corrected chi connectivity index (χ0v) is 8.74. The summed E-state index contributed by atoms with van der Waals surface area (Å²) in [6, 6.07) is 5.04. The van der Waals surface area contributed by atoms with Crippen LogP contribution in [-0.2, 0) is 0 Å². The van der Waals surface area contributed by atoms with Crippen molar-refractivity contribution in [1.82, 2.24) is 5.32 Å². The van der Waals surface area contributed by atoms with Gasteiger partial charge in [-0.2, -0.15) is 0 Å². The van der Waals surface area contributed by atoms with E-state index in [-0.39, 0.29) is 5.91 Å². The molecule has 4 heteroatoms. The van der Waals surface area contributed by atoms with E-state index in [4.69, 9.17) is 11.6 Å². The summed E-state index contributed by atoms with van der Waals surface area (Å²) in [6.07, 6.45) is 0. The summed E-state index contributed by atoms with van der Waals surface area (Å²) in [5, 5.41) is 3.14. The van der Waals surface area contributed by atoms with Crippen LogP contribution in [0.4, 0.5) is 0 Å². The summed E-state index contributed by atoms with van der Waals surface area (Å²) in [6.45, 7) is 0. The molecule has 0 atom stereocenters. The lowest BCUT2D eigenvalue weighted by molar-refractivity contribution is 0.0962. The fraction of sp³-hybridized carbons (Fsp3) is 0.125. The van der Waals surface area contributed by atoms with Crippen molar-refractivity contribution >= 4 is 33.4 Å². The SMILES string of the molecule is CNC(=O)c1ccc(Cl)cc1Br. The van der Waals surface area contributed by atoms with Crippen LogP contribution >= 0.6 is 27.5 Å². The van der Waals surface area contributed by atoms with Gasteiger partial charge in [0, 0.05) is 16.5 Å². The van der Waals surface area contributed by atoms with Crippen LogP contribution in [0.25, 0.3) is 0 Å². The minimum atomic E-state index is -0.126. The molecule has 1 aromatic rings. The Hall–Kier alpha value is -0.540. The van der Waals surface area contributed by atoms with Crippen LogP contribution < -0.4 is 5.32 Å². The maximum Gasteiger partial charge on any atom is 0.252 e. The molecule has 0 bridgehead atoms. The van der Waals surface area contributed by atoms with Gasteiger partial charge < -0.3 is 5.32 Å². The monoisotopic (exact) mass is 247 g/mol. The number of amides is 1. The van der Waals surface area contributed by atoms with Crippen molar-refractivity contribution in [3.63, 3.8) is 0 Å². The molecule has 0 unspecified atom stereocenters. The summed E-state index contributed by atoms with van der Waals surface area (Å²) in [5.41, 5.74) is 0.585. The number of halogens is 2. The molecule has 2 nitrogen and oxygen atoms in total. The summed E-state index contributed by atoms with van der Waals surface area (Å²) in [4.78, 5) is 11.2. The normalized spacial score (nSPS) is 9.58. The molecule has 1 rings (SSSR count). The molecule has 0 fully saturated rings. The first-order valence-corrected chi connectivity index (χ1v) is 4.49. The van der Waals surface area contributed by atoms with Crippen molar-refractivity contribution in [2.24, 2.45) is 0 Å². The van der Waals surface area contributed by atoms with E-state index >= 15 is 0 Å². The second-order valence-electron chi connectivity index (χ2n) is 2.20. The van der Waals surface area contributed by atoms with E-state index in [0.717, 1.165) is 0 Å². The Bertz CT molecular complexity index is 314. The quantitative estimate of drug-likeness (QED) is 0.813. The van der Waals surface area contributed by atoms with Gasteiger partial charge in [-0.3, -0.25) is 4.79 Å². The van der Waals surface area contributed by atoms with Gasteiger partial charge in [0.25, 0.3) is 5.91 Å². The van der Waals surface area contributed by atoms with Gasteiger partial charge in [0.1, 0.15) is 0 Å². The van der Waals surface area contributed by atoms with Gasteiger partial charge in [-0.05, 0) is 34.1 Å². The minimum absolute atomic E-state index is 0.126. The fourth-order valence-electron chi connectivity index (χ4n) is 0.808. The van der Waals surface area contributed by atoms with Gasteiger partial charge in [-0.15, -0.1) is 0 Å². The van der Waals surface area contributed by atoms with Crippen LogP contribution in [-0.4, -0.2) is 13.0 Å². The van der Waals surface area contributed by atoms with Crippen molar-refractivity contribution in [3.8, 4) is 0 Å². The summed E-state index contributed by atoms with van der Waals surface area (Å²) >= 11 is 8.95. The summed E-state index contributed by atoms with van der Waals surface area (Å²) < 4.78 is 0.703. The van der Waals surface area contributed by atoms with E-state index in [2.05, 4.69) is 21.2 Å². The van der Waals surface area contributed by atoms with Gasteiger partial charge in [-0.1, -0.05) is 11.6 Å². The molecule has 0 aliphatic heterocycles. The van der Waals surface area contributed by atoms with Gasteiger partial charge in [0.2, 0.25) is 0 Å². The molecule has 0 aliphatic carbocycles. The molecule has 1 amide bonds. The highest BCUT2D eigenvalue weighted by atomic mass is 79.9. The minimum Gasteiger partial charge on any atom is -0.355 e. The molecule has 0 heterocycles. The Morgan fingerprint density at radius 3 is 2.75 bits per heavy atom. The first-order chi connectivity index (χ1) is 5.65. The van der Waals surface area contributed by atoms with Gasteiger partial charge >= 0.3 is 0 Å². The molecular formula is C8H7BrClNO. The Labute approximate surface area is 84.0 Å². The van der Waals surface area contributed by atoms with Crippen molar-refractivity contribution in [3.05, 3.63) is 33.3 Å². The lowest BCUT2D eigenvalue weighted by Gasteiger charge is -2.02. The Morgan fingerprint density at radius 1 is 1.58 bits per heavy atom. The third-order valence-electron chi connectivity index (χ3n) is 1.40. The molecule has 12 heavy (non-hydrogen) atoms. The Morgan fingerprint density at radius 2 is 2.25 bits per heavy atom. The van der Waals surface area contributed by atoms with E-state index in [9.17, 15) is 4.79 Å². The maximum absolute atomic E-state index is 11.2. The highest BCUT2D eigenvalue weighted by molar-refractivity contribution is 9.10. The number of carbonyl (C=O) groups excluding carboxylic acids is 1. The van der Waals surface area contributed by atoms with E-state index in [0.29, 0.717) is 15.1 Å². The maximum atomic E-state index is 11.2. The molecule has 0 radical (unpaired) electrons. The molecule has 0 saturated carbocycles. The second-order valence-corrected chi connectivity index (χ2v) is 3.49. The molecule has 0 aromatic heterocycles. The zero-order chi connectivity index (χ0) is 9.14. The topological polar surface area (TPSA) is 29.1 Å². The Balaban J connectivity index is 3.09. The van der Waals surface area contributed by atoms with E-state index in [1.807, 2.05) is 0 Å². The molecule has 1 N–H and O–H groups in total. The van der Waals surface area contributed by atoms with E-state index in [1.54, 1.807) is 25.2 Å². The highest BCUT2D eigenvalue weighted by Crippen LogP contribution is 2.21. The molecule has 0 aliphatic rings. The average Bonchev–Trinajstić information content (AvgIpc) is 2.03. The predicted molar refractivity (Wildman–Crippen MR) is 52.5 cm³/mol. The third-order valence-corrected chi connectivity index (χ3v) is 2.29. The largest absolute Gasteiger partial charge is 0.355 e. The number of nitrogens with one attached hydrogen (secondary N) is 1. The molecular weight excluding hydrogens is 241 g/mol. The first-order valence-electron chi connectivity index (χ1n) is 3.32. The second kappa shape index (κ2) is 3.92. The summed E-state index contributed by atoms with van der Waals surface area (Å²) in [5.74, 6) is -0.126. The van der Waals surface area contributed by atoms with Gasteiger partial charge in [0.05, 0.1) is 5.56 Å². The first kappa shape index (κ1) is 9.55. The zero-order valence-electron chi connectivity index (χ0n) is 6.40. The standard InChI is InChI=1S/C8H7BrClNO/c1-11-8(12)6-3-2-5(10)4-7(6)9/h2-4H,1H3,(H,11,12). The molecule has 0 spiro atoms. The molecule has 0 saturated heterocycles. The lowest BCUT2D eigenvalue weighted by atomic mass is 10.2. The predicted octanol–water partition coefficient (Wildman–Crippen LogP) is 2.46. The number of rotatable bonds is 1. The van der Waals surface area contributed by atoms with Gasteiger partial charge in [0.15, 0.2) is 0 Å². The number of hydrogen-bond acceptors (Lipinski definition) is 1. The van der Waals surface area contributed by atoms with Crippen LogP contribution in [0.1, 0.15) is 10.4 Å². The number of benzene rings is 1. The van der Waals surface area contributed by atoms with Crippen LogP contribution in [0.5, 0.6) is 0 Å². The van der Waals surface area contributed by atoms with Crippen molar-refractivity contribution < 1.29 is 4.79 Å². The third kappa shape index (κ3) is 1.99. The lowest BCUT2D eigenvalue weighted by Crippen LogP contribution is -2.18.